The fourth-order valence-corrected chi connectivity index (χ4v) is 10.5. The molecule has 0 aromatic carbocycles. The number of hydrogen-bond acceptors (Lipinski definition) is 17. The van der Waals surface area contributed by atoms with Crippen molar-refractivity contribution in [3.63, 3.8) is 0 Å². The van der Waals surface area contributed by atoms with Gasteiger partial charge < -0.3 is 92.5 Å². The number of aliphatic imine (C=N–C) groups is 3. The molecular weight excluding hydrogens is 1050 g/mol. The van der Waals surface area contributed by atoms with Gasteiger partial charge in [0.2, 0.25) is 47.3 Å². The number of aliphatic carboxylic acids is 1. The number of nitrogens with two attached hydrogens (primary N) is 7. The van der Waals surface area contributed by atoms with Gasteiger partial charge in [0.05, 0.1) is 12.1 Å². The van der Waals surface area contributed by atoms with Crippen LogP contribution in [0.25, 0.3) is 0 Å². The first-order chi connectivity index (χ1) is 35.9. The lowest BCUT2D eigenvalue weighted by atomic mass is 10.0. The molecule has 0 unspecified atom stereocenters. The topological polar surface area (TPSA) is 501 Å². The fraction of sp³-hybridized carbons (Fsp3) is 0.727. The largest absolute Gasteiger partial charge is 0.480 e. The number of rotatable bonds is 19. The van der Waals surface area contributed by atoms with E-state index in [9.17, 15) is 53.4 Å². The Morgan fingerprint density at radius 2 is 1.08 bits per heavy atom. The van der Waals surface area contributed by atoms with Crippen LogP contribution in [0.3, 0.4) is 0 Å². The molecule has 2 heterocycles. The van der Waals surface area contributed by atoms with Crippen LogP contribution < -0.4 is 77.4 Å². The second-order valence-corrected chi connectivity index (χ2v) is 22.1. The zero-order valence-electron chi connectivity index (χ0n) is 43.5. The minimum absolute atomic E-state index is 0.0271. The molecule has 0 aromatic heterocycles. The van der Waals surface area contributed by atoms with Crippen molar-refractivity contribution in [1.29, 1.82) is 0 Å². The van der Waals surface area contributed by atoms with E-state index in [1.54, 1.807) is 20.1 Å². The Morgan fingerprint density at radius 1 is 0.632 bits per heavy atom. The van der Waals surface area contributed by atoms with E-state index < -0.39 is 114 Å². The predicted molar refractivity (Wildman–Crippen MR) is 293 cm³/mol. The van der Waals surface area contributed by atoms with E-state index in [-0.39, 0.29) is 119 Å². The van der Waals surface area contributed by atoms with Gasteiger partial charge in [0.1, 0.15) is 48.3 Å². The number of nitrogens with one attached hydrogen (secondary N) is 7. The number of carbonyl (C=O) groups is 9. The van der Waals surface area contributed by atoms with Gasteiger partial charge in [-0.2, -0.15) is 11.8 Å². The van der Waals surface area contributed by atoms with Crippen LogP contribution in [0, 0.1) is 5.92 Å². The number of thioether (sulfide) groups is 1. The molecule has 76 heavy (non-hydrogen) atoms. The first-order valence-corrected chi connectivity index (χ1v) is 28.7. The molecule has 10 atom stereocenters. The third-order valence-electron chi connectivity index (χ3n) is 11.7. The Morgan fingerprint density at radius 3 is 1.57 bits per heavy atom. The maximum atomic E-state index is 14.6. The Kier molecular flexibility index (Phi) is 30.1. The summed E-state index contributed by atoms with van der Waals surface area (Å²) in [6.45, 7) is 5.02. The second kappa shape index (κ2) is 34.6. The van der Waals surface area contributed by atoms with Gasteiger partial charge in [-0.05, 0) is 89.1 Å². The van der Waals surface area contributed by atoms with Gasteiger partial charge >= 0.3 is 5.97 Å². The minimum atomic E-state index is -1.70. The van der Waals surface area contributed by atoms with Crippen molar-refractivity contribution in [3.8, 4) is 0 Å². The number of hydrogen-bond donors (Lipinski definition) is 16. The van der Waals surface area contributed by atoms with Crippen molar-refractivity contribution in [1.82, 2.24) is 42.1 Å². The molecule has 2 aliphatic rings. The highest BCUT2D eigenvalue weighted by molar-refractivity contribution is 8.76. The summed E-state index contributed by atoms with van der Waals surface area (Å²) in [4.78, 5) is 138. The number of aliphatic hydroxyl groups excluding tert-OH is 1. The van der Waals surface area contributed by atoms with E-state index >= 15 is 0 Å². The fourth-order valence-electron chi connectivity index (χ4n) is 7.79. The molecule has 0 bridgehead atoms. The van der Waals surface area contributed by atoms with Crippen molar-refractivity contribution >= 4 is 104 Å². The number of carboxylic acid groups (broad SMARTS) is 1. The van der Waals surface area contributed by atoms with Gasteiger partial charge in [-0.15, -0.1) is 0 Å². The van der Waals surface area contributed by atoms with Gasteiger partial charge in [-0.3, -0.25) is 53.3 Å². The lowest BCUT2D eigenvalue weighted by molar-refractivity contribution is -0.142. The monoisotopic (exact) mass is 1130 g/mol. The SMILES string of the molecule is CSCC[C@@H]1NC(=O)[C@H](CCCN=C(N)N)NC(=O)[C@@H]2CCCN2C(=O)[C@H](CCCN=C(N)N)NC(=O)[C@H](CCCN=C(N)N)NC(=O)[C@@H](N)CSSC[C@@H](C(=O)O)NC(=O)[C@H]([C@@H](C)O)NC(=O)[C@H](CC(C)C)NC1=O. The molecular formula is C44H80N18O11S3. The third kappa shape index (κ3) is 24.3. The molecule has 0 saturated carbocycles. The van der Waals surface area contributed by atoms with Crippen LogP contribution in [-0.2, 0) is 43.2 Å². The standard InChI is InChI=1S/C44H80N18O11S3/c1-22(2)19-29-37(68)61-32(23(3)63)39(70)60-30(41(72)73)21-76-75-20-24(45)33(64)55-25(9-5-14-52-42(46)47)35(66)58-28(11-7-16-54-44(50)51)40(71)62-17-8-12-31(62)38(69)57-26(10-6-15-53-43(48)49)34(65)56-27(13-18-74-4)36(67)59-29/h22-32,63H,5-21,45H2,1-4H3,(H,55,64)(H,56,65)(H,57,69)(H,58,66)(H,59,67)(H,60,70)(H,61,68)(H,72,73)(H4,46,47,52)(H4,48,49,53)(H4,50,51,54)/t23-,24+,25+,26+,27+,28+,29+,30+,31+,32+/m1/s1. The number of fused-ring (bicyclic) bond motifs is 1. The molecule has 2 fully saturated rings. The summed E-state index contributed by atoms with van der Waals surface area (Å²) in [6.07, 6.45) is 1.26. The molecule has 32 heteroatoms. The lowest BCUT2D eigenvalue weighted by Crippen LogP contribution is -2.61. The van der Waals surface area contributed by atoms with Crippen LogP contribution in [0.1, 0.15) is 85.0 Å². The predicted octanol–water partition coefficient (Wildman–Crippen LogP) is -5.48. The molecule has 2 aliphatic heterocycles. The normalized spacial score (nSPS) is 25.8. The number of guanidine groups is 3. The van der Waals surface area contributed by atoms with Gasteiger partial charge in [0, 0.05) is 37.7 Å². The van der Waals surface area contributed by atoms with Crippen molar-refractivity contribution in [2.45, 2.75) is 145 Å². The molecule has 430 valence electrons. The average molecular weight is 1130 g/mol. The van der Waals surface area contributed by atoms with Crippen LogP contribution in [0.4, 0.5) is 0 Å². The Balaban J connectivity index is 2.74. The van der Waals surface area contributed by atoms with Crippen LogP contribution >= 0.6 is 33.3 Å². The van der Waals surface area contributed by atoms with Crippen LogP contribution in [-0.4, -0.2) is 196 Å². The number of amides is 8. The highest BCUT2D eigenvalue weighted by atomic mass is 33.1. The van der Waals surface area contributed by atoms with Gasteiger partial charge in [0.25, 0.3) is 0 Å². The van der Waals surface area contributed by atoms with E-state index in [2.05, 4.69) is 52.2 Å². The van der Waals surface area contributed by atoms with E-state index in [0.29, 0.717) is 12.2 Å². The van der Waals surface area contributed by atoms with E-state index in [1.165, 1.54) is 23.6 Å². The summed E-state index contributed by atoms with van der Waals surface area (Å²) in [6, 6.07) is -12.2. The number of carbonyl (C=O) groups excluding carboxylic acids is 8. The van der Waals surface area contributed by atoms with Gasteiger partial charge in [-0.25, -0.2) is 4.79 Å². The molecule has 2 saturated heterocycles. The zero-order chi connectivity index (χ0) is 57.1. The Bertz CT molecular complexity index is 2060. The number of nitrogens with zero attached hydrogens (tertiary/aromatic N) is 4. The van der Waals surface area contributed by atoms with E-state index in [4.69, 9.17) is 40.1 Å². The first kappa shape index (κ1) is 66.1. The summed E-state index contributed by atoms with van der Waals surface area (Å²) in [5, 5.41) is 39.0. The zero-order valence-corrected chi connectivity index (χ0v) is 45.9. The number of aliphatic hydroxyl groups is 1. The summed E-state index contributed by atoms with van der Waals surface area (Å²) >= 11 is 1.37. The van der Waals surface area contributed by atoms with Crippen molar-refractivity contribution < 1.29 is 53.4 Å². The third-order valence-corrected chi connectivity index (χ3v) is 14.8. The molecule has 0 aromatic rings. The molecule has 29 nitrogen and oxygen atoms in total. The summed E-state index contributed by atoms with van der Waals surface area (Å²) in [5.74, 6) is -8.85. The molecule has 8 amide bonds. The molecule has 0 aliphatic carbocycles. The smallest absolute Gasteiger partial charge is 0.327 e. The van der Waals surface area contributed by atoms with Crippen LogP contribution in [0.15, 0.2) is 15.0 Å². The average Bonchev–Trinajstić information content (AvgIpc) is 3.84. The number of carboxylic acids is 1. The van der Waals surface area contributed by atoms with E-state index in [0.717, 1.165) is 21.6 Å². The Labute approximate surface area is 454 Å². The minimum Gasteiger partial charge on any atom is -0.480 e. The summed E-state index contributed by atoms with van der Waals surface area (Å²) in [7, 11) is 1.93. The van der Waals surface area contributed by atoms with Crippen molar-refractivity contribution in [3.05, 3.63) is 0 Å². The maximum absolute atomic E-state index is 14.6. The van der Waals surface area contributed by atoms with Crippen LogP contribution in [0.2, 0.25) is 0 Å². The molecule has 0 spiro atoms. The summed E-state index contributed by atoms with van der Waals surface area (Å²) < 4.78 is 0. The lowest BCUT2D eigenvalue weighted by Gasteiger charge is -2.31. The van der Waals surface area contributed by atoms with Crippen molar-refractivity contribution in [2.24, 2.45) is 61.0 Å². The van der Waals surface area contributed by atoms with Gasteiger partial charge in [-0.1, -0.05) is 35.4 Å². The Hall–Kier alpha value is -5.99. The van der Waals surface area contributed by atoms with Crippen LogP contribution in [0.5, 0.6) is 0 Å². The van der Waals surface area contributed by atoms with Crippen molar-refractivity contribution in [2.75, 3.05) is 49.7 Å². The van der Waals surface area contributed by atoms with Gasteiger partial charge in [0.15, 0.2) is 17.9 Å². The summed E-state index contributed by atoms with van der Waals surface area (Å²) in [5.41, 5.74) is 39.4. The highest BCUT2D eigenvalue weighted by Crippen LogP contribution is 2.24. The molecule has 23 N–H and O–H groups in total. The first-order valence-electron chi connectivity index (χ1n) is 24.9. The second-order valence-electron chi connectivity index (χ2n) is 18.6. The highest BCUT2D eigenvalue weighted by Gasteiger charge is 2.40. The maximum Gasteiger partial charge on any atom is 0.327 e. The quantitative estimate of drug-likeness (QED) is 0.0248. The molecule has 0 radical (unpaired) electrons. The van der Waals surface area contributed by atoms with E-state index in [1.807, 2.05) is 0 Å². The molecule has 2 rings (SSSR count).